The number of nitrogens with one attached hydrogen (secondary N) is 2. The molecule has 1 heterocycles. The molecule has 6 heteroatoms. The number of hydrogen-bond donors (Lipinski definition) is 3. The van der Waals surface area contributed by atoms with Crippen LogP contribution in [0.4, 0.5) is 4.39 Å². The maximum absolute atomic E-state index is 13.1. The first kappa shape index (κ1) is 16.0. The molecule has 0 saturated carbocycles. The van der Waals surface area contributed by atoms with Crippen molar-refractivity contribution in [1.82, 2.24) is 10.3 Å². The summed E-state index contributed by atoms with van der Waals surface area (Å²) in [5.74, 6) is -1.59. The molecule has 0 bridgehead atoms. The lowest BCUT2D eigenvalue weighted by Gasteiger charge is -2.16. The van der Waals surface area contributed by atoms with Gasteiger partial charge in [0.15, 0.2) is 0 Å². The highest BCUT2D eigenvalue weighted by Gasteiger charge is 2.21. The number of carbonyl (C=O) groups excluding carboxylic acids is 1. The first-order valence-corrected chi connectivity index (χ1v) is 7.14. The Morgan fingerprint density at radius 1 is 1.36 bits per heavy atom. The molecule has 0 aliphatic rings. The summed E-state index contributed by atoms with van der Waals surface area (Å²) in [6, 6.07) is 3.40. The second-order valence-corrected chi connectivity index (χ2v) is 5.77. The lowest BCUT2D eigenvalue weighted by Crippen LogP contribution is -2.42. The Labute approximate surface area is 127 Å². The van der Waals surface area contributed by atoms with Crippen LogP contribution in [0.25, 0.3) is 10.9 Å². The van der Waals surface area contributed by atoms with Gasteiger partial charge in [-0.05, 0) is 36.1 Å². The number of aliphatic carboxylic acids is 1. The van der Waals surface area contributed by atoms with E-state index in [4.69, 9.17) is 5.11 Å². The molecular formula is C16H19FN2O3. The molecular weight excluding hydrogens is 287 g/mol. The van der Waals surface area contributed by atoms with Crippen LogP contribution >= 0.6 is 0 Å². The minimum Gasteiger partial charge on any atom is -0.480 e. The normalized spacial score (nSPS) is 12.5. The van der Waals surface area contributed by atoms with Gasteiger partial charge in [-0.2, -0.15) is 0 Å². The van der Waals surface area contributed by atoms with E-state index in [1.54, 1.807) is 12.3 Å². The second kappa shape index (κ2) is 6.60. The topological polar surface area (TPSA) is 82.2 Å². The average molecular weight is 306 g/mol. The Morgan fingerprint density at radius 2 is 2.09 bits per heavy atom. The lowest BCUT2D eigenvalue weighted by atomic mass is 10.0. The van der Waals surface area contributed by atoms with E-state index in [1.165, 1.54) is 12.1 Å². The number of amides is 1. The molecule has 0 radical (unpaired) electrons. The van der Waals surface area contributed by atoms with E-state index < -0.39 is 12.0 Å². The highest BCUT2D eigenvalue weighted by molar-refractivity contribution is 5.90. The number of fused-ring (bicyclic) bond motifs is 1. The predicted octanol–water partition coefficient (Wildman–Crippen LogP) is 2.46. The largest absolute Gasteiger partial charge is 0.480 e. The molecule has 5 nitrogen and oxygen atoms in total. The van der Waals surface area contributed by atoms with Crippen molar-refractivity contribution in [3.63, 3.8) is 0 Å². The summed E-state index contributed by atoms with van der Waals surface area (Å²) >= 11 is 0. The Balaban J connectivity index is 2.08. The molecule has 0 aliphatic carbocycles. The van der Waals surface area contributed by atoms with Gasteiger partial charge in [0.2, 0.25) is 5.91 Å². The summed E-state index contributed by atoms with van der Waals surface area (Å²) in [7, 11) is 0. The molecule has 0 aliphatic heterocycles. The van der Waals surface area contributed by atoms with Crippen LogP contribution in [0.3, 0.4) is 0 Å². The maximum atomic E-state index is 13.1. The molecule has 0 saturated heterocycles. The van der Waals surface area contributed by atoms with Crippen LogP contribution in [0.15, 0.2) is 24.4 Å². The SMILES string of the molecule is CC(C)C[C@@H](NC(=O)Cc1c[nH]c2cc(F)ccc12)C(=O)O. The molecule has 2 rings (SSSR count). The highest BCUT2D eigenvalue weighted by atomic mass is 19.1. The van der Waals surface area contributed by atoms with Crippen molar-refractivity contribution in [2.75, 3.05) is 0 Å². The Kier molecular flexibility index (Phi) is 4.80. The summed E-state index contributed by atoms with van der Waals surface area (Å²) in [4.78, 5) is 26.1. The Morgan fingerprint density at radius 3 is 2.73 bits per heavy atom. The van der Waals surface area contributed by atoms with Crippen LogP contribution in [-0.2, 0) is 16.0 Å². The van der Waals surface area contributed by atoms with Crippen molar-refractivity contribution < 1.29 is 19.1 Å². The fraction of sp³-hybridized carbons (Fsp3) is 0.375. The van der Waals surface area contributed by atoms with E-state index in [9.17, 15) is 14.0 Å². The van der Waals surface area contributed by atoms with Gasteiger partial charge in [-0.25, -0.2) is 9.18 Å². The molecule has 0 fully saturated rings. The van der Waals surface area contributed by atoms with E-state index in [0.29, 0.717) is 17.5 Å². The van der Waals surface area contributed by atoms with E-state index in [1.807, 2.05) is 13.8 Å². The number of halogens is 1. The smallest absolute Gasteiger partial charge is 0.326 e. The van der Waals surface area contributed by atoms with Gasteiger partial charge in [0.25, 0.3) is 0 Å². The van der Waals surface area contributed by atoms with Crippen molar-refractivity contribution in [1.29, 1.82) is 0 Å². The quantitative estimate of drug-likeness (QED) is 0.766. The van der Waals surface area contributed by atoms with Crippen LogP contribution in [0.1, 0.15) is 25.8 Å². The van der Waals surface area contributed by atoms with Crippen LogP contribution in [-0.4, -0.2) is 28.0 Å². The third kappa shape index (κ3) is 3.84. The zero-order valence-corrected chi connectivity index (χ0v) is 12.5. The predicted molar refractivity (Wildman–Crippen MR) is 81.0 cm³/mol. The molecule has 118 valence electrons. The van der Waals surface area contributed by atoms with Crippen LogP contribution in [0.5, 0.6) is 0 Å². The zero-order valence-electron chi connectivity index (χ0n) is 12.5. The van der Waals surface area contributed by atoms with Gasteiger partial charge in [0.1, 0.15) is 11.9 Å². The zero-order chi connectivity index (χ0) is 16.3. The lowest BCUT2D eigenvalue weighted by molar-refractivity contribution is -0.142. The van der Waals surface area contributed by atoms with Gasteiger partial charge in [0, 0.05) is 17.1 Å². The molecule has 1 aromatic heterocycles. The summed E-state index contributed by atoms with van der Waals surface area (Å²) in [5, 5.41) is 12.4. The number of hydrogen-bond acceptors (Lipinski definition) is 2. The van der Waals surface area contributed by atoms with Crippen molar-refractivity contribution in [3.8, 4) is 0 Å². The fourth-order valence-corrected chi connectivity index (χ4v) is 2.42. The van der Waals surface area contributed by atoms with Gasteiger partial charge in [-0.3, -0.25) is 4.79 Å². The van der Waals surface area contributed by atoms with Crippen LogP contribution in [0, 0.1) is 11.7 Å². The van der Waals surface area contributed by atoms with E-state index in [0.717, 1.165) is 5.39 Å². The number of carboxylic acids is 1. The standard InChI is InChI=1S/C16H19FN2O3/c1-9(2)5-14(16(21)22)19-15(20)6-10-8-18-13-7-11(17)3-4-12(10)13/h3-4,7-9,14,18H,5-6H2,1-2H3,(H,19,20)(H,21,22)/t14-/m1/s1. The third-order valence-corrected chi connectivity index (χ3v) is 3.42. The van der Waals surface area contributed by atoms with E-state index in [2.05, 4.69) is 10.3 Å². The molecule has 0 spiro atoms. The van der Waals surface area contributed by atoms with Crippen molar-refractivity contribution in [2.45, 2.75) is 32.7 Å². The van der Waals surface area contributed by atoms with Gasteiger partial charge in [-0.15, -0.1) is 0 Å². The number of aromatic nitrogens is 1. The van der Waals surface area contributed by atoms with E-state index in [-0.39, 0.29) is 24.1 Å². The minimum absolute atomic E-state index is 0.0491. The van der Waals surface area contributed by atoms with Crippen molar-refractivity contribution in [3.05, 3.63) is 35.8 Å². The maximum Gasteiger partial charge on any atom is 0.326 e. The van der Waals surface area contributed by atoms with Gasteiger partial charge in [-0.1, -0.05) is 13.8 Å². The van der Waals surface area contributed by atoms with Crippen molar-refractivity contribution >= 4 is 22.8 Å². The number of benzene rings is 1. The van der Waals surface area contributed by atoms with Gasteiger partial charge in [0.05, 0.1) is 6.42 Å². The minimum atomic E-state index is -1.04. The number of carbonyl (C=O) groups is 2. The molecule has 1 amide bonds. The Bertz CT molecular complexity index is 694. The summed E-state index contributed by atoms with van der Waals surface area (Å²) in [5.41, 5.74) is 1.32. The summed E-state index contributed by atoms with van der Waals surface area (Å²) in [6.45, 7) is 3.80. The van der Waals surface area contributed by atoms with Gasteiger partial charge >= 0.3 is 5.97 Å². The summed E-state index contributed by atoms with van der Waals surface area (Å²) in [6.07, 6.45) is 2.07. The first-order chi connectivity index (χ1) is 10.4. The molecule has 3 N–H and O–H groups in total. The molecule has 0 unspecified atom stereocenters. The second-order valence-electron chi connectivity index (χ2n) is 5.77. The number of rotatable bonds is 6. The molecule has 1 aromatic carbocycles. The Hall–Kier alpha value is -2.37. The summed E-state index contributed by atoms with van der Waals surface area (Å²) < 4.78 is 13.1. The highest BCUT2D eigenvalue weighted by Crippen LogP contribution is 2.19. The van der Waals surface area contributed by atoms with E-state index >= 15 is 0 Å². The molecule has 2 aromatic rings. The average Bonchev–Trinajstić information content (AvgIpc) is 2.79. The number of aromatic amines is 1. The monoisotopic (exact) mass is 306 g/mol. The first-order valence-electron chi connectivity index (χ1n) is 7.14. The fourth-order valence-electron chi connectivity index (χ4n) is 2.42. The van der Waals surface area contributed by atoms with Crippen LogP contribution < -0.4 is 5.32 Å². The number of H-pyrrole nitrogens is 1. The van der Waals surface area contributed by atoms with Crippen molar-refractivity contribution in [2.24, 2.45) is 5.92 Å². The number of carboxylic acid groups (broad SMARTS) is 1. The molecule has 1 atom stereocenters. The van der Waals surface area contributed by atoms with Gasteiger partial charge < -0.3 is 15.4 Å². The molecule has 22 heavy (non-hydrogen) atoms. The van der Waals surface area contributed by atoms with Crippen LogP contribution in [0.2, 0.25) is 0 Å². The third-order valence-electron chi connectivity index (χ3n) is 3.42.